The van der Waals surface area contributed by atoms with Crippen molar-refractivity contribution >= 4 is 23.5 Å². The van der Waals surface area contributed by atoms with Crippen LogP contribution in [0, 0.1) is 5.92 Å². The van der Waals surface area contributed by atoms with Gasteiger partial charge in [-0.15, -0.1) is 10.2 Å². The van der Waals surface area contributed by atoms with Crippen molar-refractivity contribution in [3.63, 3.8) is 0 Å². The van der Waals surface area contributed by atoms with Gasteiger partial charge in [0, 0.05) is 35.9 Å². The second-order valence-electron chi connectivity index (χ2n) is 8.50. The van der Waals surface area contributed by atoms with Crippen molar-refractivity contribution in [1.29, 1.82) is 0 Å². The van der Waals surface area contributed by atoms with Gasteiger partial charge in [0.1, 0.15) is 0 Å². The number of likely N-dealkylation sites (tertiary alicyclic amines) is 1. The summed E-state index contributed by atoms with van der Waals surface area (Å²) in [5.74, 6) is -4.57. The third kappa shape index (κ3) is 5.53. The summed E-state index contributed by atoms with van der Waals surface area (Å²) in [7, 11) is 1.53. The third-order valence-corrected chi connectivity index (χ3v) is 5.99. The molecule has 1 saturated heterocycles. The van der Waals surface area contributed by atoms with Crippen LogP contribution in [0.4, 0.5) is 27.9 Å². The molecule has 0 radical (unpaired) electrons. The van der Waals surface area contributed by atoms with Gasteiger partial charge in [0.15, 0.2) is 0 Å². The number of nitrogens with zero attached hydrogens (tertiary/aromatic N) is 7. The minimum Gasteiger partial charge on any atom is -0.352 e. The van der Waals surface area contributed by atoms with Gasteiger partial charge < -0.3 is 10.2 Å². The smallest absolute Gasteiger partial charge is 0.352 e. The predicted octanol–water partition coefficient (Wildman–Crippen LogP) is 3.94. The van der Waals surface area contributed by atoms with Crippen LogP contribution in [-0.4, -0.2) is 66.0 Å². The highest BCUT2D eigenvalue weighted by Crippen LogP contribution is 2.36. The van der Waals surface area contributed by atoms with E-state index in [0.29, 0.717) is 12.4 Å². The van der Waals surface area contributed by atoms with Crippen LogP contribution in [-0.2, 0) is 13.2 Å². The molecule has 1 aliphatic rings. The fourth-order valence-corrected chi connectivity index (χ4v) is 4.25. The van der Waals surface area contributed by atoms with Crippen molar-refractivity contribution in [3.05, 3.63) is 46.7 Å². The molecule has 192 valence electrons. The van der Waals surface area contributed by atoms with E-state index in [-0.39, 0.29) is 34.5 Å². The zero-order valence-corrected chi connectivity index (χ0v) is 19.7. The van der Waals surface area contributed by atoms with E-state index in [9.17, 15) is 26.7 Å². The van der Waals surface area contributed by atoms with Gasteiger partial charge in [-0.2, -0.15) is 18.0 Å². The molecule has 36 heavy (non-hydrogen) atoms. The van der Waals surface area contributed by atoms with Crippen LogP contribution in [0.3, 0.4) is 0 Å². The number of anilines is 1. The Morgan fingerprint density at radius 1 is 1.25 bits per heavy atom. The number of carbonyl (C=O) groups is 1. The fraction of sp³-hybridized carbons (Fsp3) is 0.429. The largest absolute Gasteiger partial charge is 0.419 e. The lowest BCUT2D eigenvalue weighted by atomic mass is 9.87. The topological polar surface area (TPSA) is 102 Å². The number of benzene rings is 1. The van der Waals surface area contributed by atoms with Crippen LogP contribution in [0.15, 0.2) is 30.6 Å². The maximum Gasteiger partial charge on any atom is 0.419 e. The molecule has 1 N–H and O–H groups in total. The molecule has 2 atom stereocenters. The molecule has 1 aliphatic heterocycles. The zero-order chi connectivity index (χ0) is 26.3. The summed E-state index contributed by atoms with van der Waals surface area (Å²) in [6.07, 6.45) is -3.85. The molecule has 2 aromatic heterocycles. The first kappa shape index (κ1) is 25.7. The Kier molecular flexibility index (Phi) is 6.82. The van der Waals surface area contributed by atoms with Crippen LogP contribution < -0.4 is 5.32 Å². The number of aryl methyl sites for hydroxylation is 1. The summed E-state index contributed by atoms with van der Waals surface area (Å²) in [4.78, 5) is 23.1. The van der Waals surface area contributed by atoms with Gasteiger partial charge >= 0.3 is 6.18 Å². The van der Waals surface area contributed by atoms with Gasteiger partial charge in [0.05, 0.1) is 30.8 Å². The Morgan fingerprint density at radius 2 is 1.94 bits per heavy atom. The molecule has 1 amide bonds. The van der Waals surface area contributed by atoms with E-state index < -0.39 is 48.5 Å². The van der Waals surface area contributed by atoms with Crippen molar-refractivity contribution in [2.45, 2.75) is 31.5 Å². The number of piperidine rings is 1. The maximum atomic E-state index is 14.6. The lowest BCUT2D eigenvalue weighted by Crippen LogP contribution is -2.57. The highest BCUT2D eigenvalue weighted by Gasteiger charge is 2.46. The number of carbonyl (C=O) groups excluding carboxylic acids is 1. The van der Waals surface area contributed by atoms with E-state index in [1.54, 1.807) is 6.92 Å². The lowest BCUT2D eigenvalue weighted by molar-refractivity contribution is -0.138. The first-order chi connectivity index (χ1) is 16.8. The van der Waals surface area contributed by atoms with Crippen molar-refractivity contribution in [1.82, 2.24) is 35.1 Å². The minimum atomic E-state index is -4.60. The summed E-state index contributed by atoms with van der Waals surface area (Å²) >= 11 is 6.11. The van der Waals surface area contributed by atoms with Gasteiger partial charge in [-0.05, 0) is 29.3 Å². The second kappa shape index (κ2) is 9.56. The number of amides is 1. The molecule has 3 aromatic rings. The number of alkyl halides is 5. The molecule has 0 saturated carbocycles. The number of halogens is 6. The SMILES string of the molecule is C[C@@H]1CC(F)(F)CN(C(=O)c2cc(Cl)ccc2-c2nnn(C)n2)[C@@H]1CNc1ncc(C(F)(F)F)cn1. The van der Waals surface area contributed by atoms with Crippen LogP contribution >= 0.6 is 11.6 Å². The van der Waals surface area contributed by atoms with E-state index >= 15 is 0 Å². The third-order valence-electron chi connectivity index (χ3n) is 5.75. The number of aromatic nitrogens is 6. The van der Waals surface area contributed by atoms with Crippen molar-refractivity contribution in [2.24, 2.45) is 13.0 Å². The molecular weight excluding hydrogens is 511 g/mol. The van der Waals surface area contributed by atoms with Crippen LogP contribution in [0.1, 0.15) is 29.3 Å². The quantitative estimate of drug-likeness (QED) is 0.499. The summed E-state index contributed by atoms with van der Waals surface area (Å²) < 4.78 is 67.4. The van der Waals surface area contributed by atoms with Gasteiger partial charge in [0.2, 0.25) is 11.8 Å². The van der Waals surface area contributed by atoms with Gasteiger partial charge in [-0.3, -0.25) is 4.79 Å². The molecule has 1 fully saturated rings. The highest BCUT2D eigenvalue weighted by molar-refractivity contribution is 6.31. The average Bonchev–Trinajstić information content (AvgIpc) is 3.22. The number of rotatable bonds is 5. The van der Waals surface area contributed by atoms with Crippen molar-refractivity contribution in [2.75, 3.05) is 18.4 Å². The van der Waals surface area contributed by atoms with E-state index in [0.717, 1.165) is 4.90 Å². The fourth-order valence-electron chi connectivity index (χ4n) is 4.08. The van der Waals surface area contributed by atoms with Crippen LogP contribution in [0.5, 0.6) is 0 Å². The lowest BCUT2D eigenvalue weighted by Gasteiger charge is -2.43. The van der Waals surface area contributed by atoms with Crippen molar-refractivity contribution in [3.8, 4) is 11.4 Å². The number of hydrogen-bond acceptors (Lipinski definition) is 7. The number of hydrogen-bond donors (Lipinski definition) is 1. The predicted molar refractivity (Wildman–Crippen MR) is 118 cm³/mol. The Bertz CT molecular complexity index is 1250. The number of tetrazole rings is 1. The molecule has 15 heteroatoms. The Labute approximate surface area is 206 Å². The summed E-state index contributed by atoms with van der Waals surface area (Å²) in [5, 5.41) is 14.7. The molecule has 1 aromatic carbocycles. The van der Waals surface area contributed by atoms with Gasteiger partial charge in [-0.25, -0.2) is 18.7 Å². The van der Waals surface area contributed by atoms with Crippen LogP contribution in [0.2, 0.25) is 5.02 Å². The van der Waals surface area contributed by atoms with Crippen LogP contribution in [0.25, 0.3) is 11.4 Å². The normalized spacial score (nSPS) is 19.8. The van der Waals surface area contributed by atoms with E-state index in [1.807, 2.05) is 0 Å². The molecule has 4 rings (SSSR count). The zero-order valence-electron chi connectivity index (χ0n) is 19.0. The average molecular weight is 531 g/mol. The van der Waals surface area contributed by atoms with Gasteiger partial charge in [-0.1, -0.05) is 18.5 Å². The summed E-state index contributed by atoms with van der Waals surface area (Å²) in [6.45, 7) is 0.625. The molecule has 0 bridgehead atoms. The molecule has 3 heterocycles. The Morgan fingerprint density at radius 3 is 2.56 bits per heavy atom. The maximum absolute atomic E-state index is 14.6. The van der Waals surface area contributed by atoms with E-state index in [4.69, 9.17) is 11.6 Å². The first-order valence-electron chi connectivity index (χ1n) is 10.7. The van der Waals surface area contributed by atoms with E-state index in [1.165, 1.54) is 30.0 Å². The molecule has 9 nitrogen and oxygen atoms in total. The standard InChI is InChI=1S/C21H20ClF5N8O/c1-11-6-20(23,24)10-35(16(11)9-30-19-28-7-12(8-29-19)21(25,26)27)18(36)15-5-13(22)3-4-14(15)17-31-33-34(2)32-17/h3-5,7-8,11,16H,6,9-10H2,1-2H3,(H,28,29,30)/t11-,16-/m1/s1. The minimum absolute atomic E-state index is 0.0104. The summed E-state index contributed by atoms with van der Waals surface area (Å²) in [5.41, 5.74) is -0.755. The Hall–Kier alpha value is -3.42. The molecule has 0 unspecified atom stereocenters. The van der Waals surface area contributed by atoms with Gasteiger partial charge in [0.25, 0.3) is 11.8 Å². The summed E-state index contributed by atoms with van der Waals surface area (Å²) in [6, 6.07) is 3.60. The highest BCUT2D eigenvalue weighted by atomic mass is 35.5. The van der Waals surface area contributed by atoms with E-state index in [2.05, 4.69) is 30.7 Å². The second-order valence-corrected chi connectivity index (χ2v) is 8.94. The van der Waals surface area contributed by atoms with Crippen molar-refractivity contribution < 1.29 is 26.7 Å². The Balaban J connectivity index is 1.63. The monoisotopic (exact) mass is 530 g/mol. The molecule has 0 spiro atoms. The molecule has 0 aliphatic carbocycles. The molecular formula is C21H20ClF5N8O. The number of nitrogens with one attached hydrogen (secondary N) is 1. The first-order valence-corrected chi connectivity index (χ1v) is 11.1.